The van der Waals surface area contributed by atoms with Gasteiger partial charge in [0.25, 0.3) is 0 Å². The van der Waals surface area contributed by atoms with Crippen molar-refractivity contribution in [1.29, 1.82) is 0 Å². The van der Waals surface area contributed by atoms with Crippen LogP contribution in [0, 0.1) is 12.7 Å². The predicted molar refractivity (Wildman–Crippen MR) is 80.0 cm³/mol. The van der Waals surface area contributed by atoms with Gasteiger partial charge < -0.3 is 10.5 Å². The fourth-order valence-electron chi connectivity index (χ4n) is 2.69. The largest absolute Gasteiger partial charge is 0.439 e. The van der Waals surface area contributed by atoms with Gasteiger partial charge in [0.1, 0.15) is 11.6 Å². The molecular weight excluding hydrogens is 267 g/mol. The first-order valence-corrected chi connectivity index (χ1v) is 7.33. The SMILES string of the molecule is Cc1cc(Oc2nc3c(cc2CN)CCCC3)ccc1F. The van der Waals surface area contributed by atoms with Gasteiger partial charge in [-0.1, -0.05) is 0 Å². The van der Waals surface area contributed by atoms with Gasteiger partial charge in [0.2, 0.25) is 5.88 Å². The van der Waals surface area contributed by atoms with E-state index in [0.29, 0.717) is 23.7 Å². The summed E-state index contributed by atoms with van der Waals surface area (Å²) in [5, 5.41) is 0. The quantitative estimate of drug-likeness (QED) is 0.936. The van der Waals surface area contributed by atoms with E-state index in [4.69, 9.17) is 10.5 Å². The number of hydrogen-bond acceptors (Lipinski definition) is 3. The Morgan fingerprint density at radius 2 is 2.05 bits per heavy atom. The Morgan fingerprint density at radius 3 is 2.81 bits per heavy atom. The number of rotatable bonds is 3. The van der Waals surface area contributed by atoms with Crippen molar-refractivity contribution in [2.24, 2.45) is 5.73 Å². The van der Waals surface area contributed by atoms with Crippen LogP contribution in [0.5, 0.6) is 11.6 Å². The highest BCUT2D eigenvalue weighted by molar-refractivity contribution is 5.39. The molecule has 110 valence electrons. The van der Waals surface area contributed by atoms with Crippen molar-refractivity contribution < 1.29 is 9.13 Å². The van der Waals surface area contributed by atoms with Crippen LogP contribution in [0.1, 0.15) is 35.2 Å². The molecule has 1 aromatic heterocycles. The van der Waals surface area contributed by atoms with Crippen molar-refractivity contribution >= 4 is 0 Å². The third kappa shape index (κ3) is 2.90. The summed E-state index contributed by atoms with van der Waals surface area (Å²) in [7, 11) is 0. The molecule has 4 heteroatoms. The Hall–Kier alpha value is -1.94. The van der Waals surface area contributed by atoms with Crippen molar-refractivity contribution in [2.75, 3.05) is 0 Å². The lowest BCUT2D eigenvalue weighted by molar-refractivity contribution is 0.449. The zero-order chi connectivity index (χ0) is 14.8. The molecule has 0 fully saturated rings. The molecule has 0 aliphatic heterocycles. The molecular formula is C17H19FN2O. The molecule has 0 radical (unpaired) electrons. The van der Waals surface area contributed by atoms with Gasteiger partial charge in [0.05, 0.1) is 0 Å². The van der Waals surface area contributed by atoms with Crippen LogP contribution in [0.2, 0.25) is 0 Å². The van der Waals surface area contributed by atoms with Crippen LogP contribution >= 0.6 is 0 Å². The molecule has 3 rings (SSSR count). The third-order valence-corrected chi connectivity index (χ3v) is 3.90. The average molecular weight is 286 g/mol. The van der Waals surface area contributed by atoms with Gasteiger partial charge in [0.15, 0.2) is 0 Å². The first kappa shape index (κ1) is 14.0. The summed E-state index contributed by atoms with van der Waals surface area (Å²) >= 11 is 0. The second kappa shape index (κ2) is 5.82. The monoisotopic (exact) mass is 286 g/mol. The molecule has 0 spiro atoms. The molecule has 2 aromatic rings. The predicted octanol–water partition coefficient (Wildman–Crippen LogP) is 3.66. The van der Waals surface area contributed by atoms with E-state index < -0.39 is 0 Å². The Bertz CT molecular complexity index is 670. The number of halogens is 1. The van der Waals surface area contributed by atoms with Gasteiger partial charge in [-0.2, -0.15) is 0 Å². The van der Waals surface area contributed by atoms with Crippen molar-refractivity contribution in [2.45, 2.75) is 39.2 Å². The number of ether oxygens (including phenoxy) is 1. The summed E-state index contributed by atoms with van der Waals surface area (Å²) in [6.07, 6.45) is 4.41. The molecule has 3 nitrogen and oxygen atoms in total. The summed E-state index contributed by atoms with van der Waals surface area (Å²) < 4.78 is 19.2. The summed E-state index contributed by atoms with van der Waals surface area (Å²) in [5.41, 5.74) is 9.65. The van der Waals surface area contributed by atoms with E-state index in [2.05, 4.69) is 11.1 Å². The van der Waals surface area contributed by atoms with E-state index in [0.717, 1.165) is 30.5 Å². The normalized spacial score (nSPS) is 13.9. The second-order valence-corrected chi connectivity index (χ2v) is 5.48. The maximum absolute atomic E-state index is 13.3. The van der Waals surface area contributed by atoms with E-state index in [9.17, 15) is 4.39 Å². The molecule has 0 unspecified atom stereocenters. The highest BCUT2D eigenvalue weighted by Crippen LogP contribution is 2.29. The molecule has 1 aliphatic carbocycles. The lowest BCUT2D eigenvalue weighted by atomic mass is 9.95. The lowest BCUT2D eigenvalue weighted by Crippen LogP contribution is -2.10. The first-order valence-electron chi connectivity index (χ1n) is 7.33. The van der Waals surface area contributed by atoms with Crippen LogP contribution in [-0.4, -0.2) is 4.98 Å². The van der Waals surface area contributed by atoms with Gasteiger partial charge in [-0.25, -0.2) is 9.37 Å². The molecule has 2 N–H and O–H groups in total. The topological polar surface area (TPSA) is 48.1 Å². The average Bonchev–Trinajstić information content (AvgIpc) is 2.50. The van der Waals surface area contributed by atoms with Crippen molar-refractivity contribution in [1.82, 2.24) is 4.98 Å². The molecule has 0 saturated carbocycles. The molecule has 1 heterocycles. The molecule has 0 bridgehead atoms. The van der Waals surface area contributed by atoms with Crippen molar-refractivity contribution in [3.63, 3.8) is 0 Å². The van der Waals surface area contributed by atoms with Gasteiger partial charge >= 0.3 is 0 Å². The van der Waals surface area contributed by atoms with Crippen LogP contribution < -0.4 is 10.5 Å². The molecule has 0 atom stereocenters. The van der Waals surface area contributed by atoms with Crippen LogP contribution in [-0.2, 0) is 19.4 Å². The zero-order valence-electron chi connectivity index (χ0n) is 12.2. The van der Waals surface area contributed by atoms with E-state index in [1.807, 2.05) is 0 Å². The lowest BCUT2D eigenvalue weighted by Gasteiger charge is -2.18. The van der Waals surface area contributed by atoms with Gasteiger partial charge in [0, 0.05) is 17.8 Å². The van der Waals surface area contributed by atoms with E-state index >= 15 is 0 Å². The number of pyridine rings is 1. The highest BCUT2D eigenvalue weighted by Gasteiger charge is 2.16. The number of fused-ring (bicyclic) bond motifs is 1. The number of benzene rings is 1. The minimum Gasteiger partial charge on any atom is -0.439 e. The Labute approximate surface area is 124 Å². The summed E-state index contributed by atoms with van der Waals surface area (Å²) in [4.78, 5) is 4.64. The fourth-order valence-corrected chi connectivity index (χ4v) is 2.69. The fraction of sp³-hybridized carbons (Fsp3) is 0.353. The van der Waals surface area contributed by atoms with E-state index in [1.165, 1.54) is 18.1 Å². The van der Waals surface area contributed by atoms with Crippen molar-refractivity contribution in [3.05, 3.63) is 52.5 Å². The van der Waals surface area contributed by atoms with Crippen molar-refractivity contribution in [3.8, 4) is 11.6 Å². The molecule has 0 saturated heterocycles. The summed E-state index contributed by atoms with van der Waals surface area (Å²) in [6.45, 7) is 2.10. The third-order valence-electron chi connectivity index (χ3n) is 3.90. The van der Waals surface area contributed by atoms with Crippen LogP contribution in [0.25, 0.3) is 0 Å². The highest BCUT2D eigenvalue weighted by atomic mass is 19.1. The number of hydrogen-bond donors (Lipinski definition) is 1. The standard InChI is InChI=1S/C17H19FN2O/c1-11-8-14(6-7-15(11)18)21-17-13(10-19)9-12-4-2-3-5-16(12)20-17/h6-9H,2-5,10,19H2,1H3. The summed E-state index contributed by atoms with van der Waals surface area (Å²) in [6, 6.07) is 6.80. The zero-order valence-corrected chi connectivity index (χ0v) is 12.2. The molecule has 1 aromatic carbocycles. The van der Waals surface area contributed by atoms with E-state index in [-0.39, 0.29) is 5.82 Å². The minimum atomic E-state index is -0.236. The Kier molecular flexibility index (Phi) is 3.88. The Balaban J connectivity index is 1.95. The van der Waals surface area contributed by atoms with Crippen LogP contribution in [0.15, 0.2) is 24.3 Å². The maximum atomic E-state index is 13.3. The molecule has 21 heavy (non-hydrogen) atoms. The van der Waals surface area contributed by atoms with Gasteiger partial charge in [-0.3, -0.25) is 0 Å². The van der Waals surface area contributed by atoms with Gasteiger partial charge in [-0.05, 0) is 68.0 Å². The number of nitrogens with zero attached hydrogens (tertiary/aromatic N) is 1. The smallest absolute Gasteiger partial charge is 0.223 e. The summed E-state index contributed by atoms with van der Waals surface area (Å²) in [5.74, 6) is 0.899. The first-order chi connectivity index (χ1) is 10.2. The number of aromatic nitrogens is 1. The second-order valence-electron chi connectivity index (χ2n) is 5.48. The maximum Gasteiger partial charge on any atom is 0.223 e. The Morgan fingerprint density at radius 1 is 1.24 bits per heavy atom. The van der Waals surface area contributed by atoms with Crippen LogP contribution in [0.4, 0.5) is 4.39 Å². The number of nitrogens with two attached hydrogens (primary N) is 1. The van der Waals surface area contributed by atoms with E-state index in [1.54, 1.807) is 19.1 Å². The van der Waals surface area contributed by atoms with Crippen LogP contribution in [0.3, 0.4) is 0 Å². The molecule has 0 amide bonds. The van der Waals surface area contributed by atoms with Gasteiger partial charge in [-0.15, -0.1) is 0 Å². The molecule has 1 aliphatic rings. The number of aryl methyl sites for hydroxylation is 3. The minimum absolute atomic E-state index is 0.236.